The lowest BCUT2D eigenvalue weighted by molar-refractivity contribution is -0.137. The Bertz CT molecular complexity index is 1240. The van der Waals surface area contributed by atoms with E-state index in [1.165, 1.54) is 42.7 Å². The predicted molar refractivity (Wildman–Crippen MR) is 119 cm³/mol. The molecular formula is C22H21F3N2O4S2. The summed E-state index contributed by atoms with van der Waals surface area (Å²) in [5.41, 5.74) is 1.37. The second-order valence-electron chi connectivity index (χ2n) is 7.19. The number of methoxy groups -OCH3 is 1. The van der Waals surface area contributed by atoms with E-state index in [0.29, 0.717) is 29.0 Å². The summed E-state index contributed by atoms with van der Waals surface area (Å²) in [7, 11) is -2.59. The summed E-state index contributed by atoms with van der Waals surface area (Å²) in [6.45, 7) is 1.83. The van der Waals surface area contributed by atoms with Crippen LogP contribution in [0, 0.1) is 6.92 Å². The number of carbonyl (C=O) groups excluding carboxylic acids is 1. The Kier molecular flexibility index (Phi) is 7.55. The second-order valence-corrected chi connectivity index (χ2v) is 9.81. The van der Waals surface area contributed by atoms with Gasteiger partial charge in [-0.15, -0.1) is 11.3 Å². The zero-order valence-electron chi connectivity index (χ0n) is 17.8. The van der Waals surface area contributed by atoms with E-state index in [1.54, 1.807) is 18.4 Å². The molecule has 2 aromatic carbocycles. The molecule has 3 aromatic rings. The van der Waals surface area contributed by atoms with Crippen LogP contribution in [0.2, 0.25) is 0 Å². The molecule has 0 aliphatic rings. The molecule has 11 heteroatoms. The molecule has 0 aliphatic heterocycles. The number of nitrogens with zero attached hydrogens (tertiary/aromatic N) is 1. The molecule has 0 fully saturated rings. The molecule has 6 nitrogen and oxygen atoms in total. The molecule has 0 unspecified atom stereocenters. The minimum absolute atomic E-state index is 0.0354. The number of hydrogen-bond acceptors (Lipinski definition) is 6. The first-order valence-corrected chi connectivity index (χ1v) is 12.2. The summed E-state index contributed by atoms with van der Waals surface area (Å²) in [5.74, 6) is -0.614. The topological polar surface area (TPSA) is 85.4 Å². The summed E-state index contributed by atoms with van der Waals surface area (Å²) in [4.78, 5) is 16.2. The highest BCUT2D eigenvalue weighted by Crippen LogP contribution is 2.31. The zero-order chi connectivity index (χ0) is 24.2. The fourth-order valence-electron chi connectivity index (χ4n) is 3.01. The SMILES string of the molecule is COC(=O)c1cc(S(=O)(=O)NCCCc2csc(-c3ccc(C(F)(F)F)cc3)n2)ccc1C. The second kappa shape index (κ2) is 10.0. The van der Waals surface area contributed by atoms with E-state index >= 15 is 0 Å². The molecule has 1 aromatic heterocycles. The fourth-order valence-corrected chi connectivity index (χ4v) is 4.97. The maximum Gasteiger partial charge on any atom is 0.416 e. The van der Waals surface area contributed by atoms with Crippen LogP contribution in [0.25, 0.3) is 10.6 Å². The van der Waals surface area contributed by atoms with Crippen LogP contribution in [0.15, 0.2) is 52.7 Å². The summed E-state index contributed by atoms with van der Waals surface area (Å²) in [6, 6.07) is 9.03. The number of aromatic nitrogens is 1. The molecule has 0 saturated heterocycles. The van der Waals surface area contributed by atoms with E-state index in [2.05, 4.69) is 14.4 Å². The Morgan fingerprint density at radius 3 is 2.48 bits per heavy atom. The maximum absolute atomic E-state index is 12.7. The molecule has 0 aliphatic carbocycles. The average molecular weight is 499 g/mol. The van der Waals surface area contributed by atoms with Crippen molar-refractivity contribution in [2.24, 2.45) is 0 Å². The summed E-state index contributed by atoms with van der Waals surface area (Å²) in [5, 5.41) is 2.39. The molecule has 3 rings (SSSR count). The van der Waals surface area contributed by atoms with Crippen molar-refractivity contribution in [3.8, 4) is 10.6 Å². The van der Waals surface area contributed by atoms with Crippen LogP contribution in [0.5, 0.6) is 0 Å². The number of aryl methyl sites for hydroxylation is 2. The first-order valence-electron chi connectivity index (χ1n) is 9.82. The van der Waals surface area contributed by atoms with E-state index in [1.807, 2.05) is 0 Å². The number of esters is 1. The number of rotatable bonds is 8. The van der Waals surface area contributed by atoms with Crippen LogP contribution < -0.4 is 4.72 Å². The Balaban J connectivity index is 1.57. The lowest BCUT2D eigenvalue weighted by Gasteiger charge is -2.09. The number of halogens is 3. The number of thiazole rings is 1. The molecule has 176 valence electrons. The molecule has 33 heavy (non-hydrogen) atoms. The maximum atomic E-state index is 12.7. The minimum Gasteiger partial charge on any atom is -0.465 e. The Hall–Kier alpha value is -2.76. The average Bonchev–Trinajstić information content (AvgIpc) is 3.25. The first-order chi connectivity index (χ1) is 15.5. The van der Waals surface area contributed by atoms with Gasteiger partial charge >= 0.3 is 12.1 Å². The van der Waals surface area contributed by atoms with Gasteiger partial charge in [-0.1, -0.05) is 18.2 Å². The minimum atomic E-state index is -4.39. The van der Waals surface area contributed by atoms with Gasteiger partial charge in [-0.2, -0.15) is 13.2 Å². The van der Waals surface area contributed by atoms with E-state index < -0.39 is 27.7 Å². The number of benzene rings is 2. The lowest BCUT2D eigenvalue weighted by atomic mass is 10.1. The van der Waals surface area contributed by atoms with Crippen molar-refractivity contribution in [1.82, 2.24) is 9.71 Å². The Morgan fingerprint density at radius 2 is 1.85 bits per heavy atom. The van der Waals surface area contributed by atoms with Crippen LogP contribution in [0.1, 0.15) is 33.6 Å². The van der Waals surface area contributed by atoms with Crippen molar-refractivity contribution in [2.75, 3.05) is 13.7 Å². The van der Waals surface area contributed by atoms with E-state index in [-0.39, 0.29) is 17.0 Å². The lowest BCUT2D eigenvalue weighted by Crippen LogP contribution is -2.25. The number of sulfonamides is 1. The molecule has 0 radical (unpaired) electrons. The van der Waals surface area contributed by atoms with Crippen molar-refractivity contribution >= 4 is 27.3 Å². The molecule has 0 bridgehead atoms. The third-order valence-corrected chi connectivity index (χ3v) is 7.24. The van der Waals surface area contributed by atoms with Gasteiger partial charge in [-0.25, -0.2) is 22.9 Å². The van der Waals surface area contributed by atoms with Gasteiger partial charge in [0.25, 0.3) is 0 Å². The van der Waals surface area contributed by atoms with Crippen molar-refractivity contribution < 1.29 is 31.1 Å². The van der Waals surface area contributed by atoms with Gasteiger partial charge in [0.15, 0.2) is 0 Å². The van der Waals surface area contributed by atoms with Gasteiger partial charge < -0.3 is 4.74 Å². The molecule has 1 heterocycles. The van der Waals surface area contributed by atoms with Gasteiger partial charge in [-0.3, -0.25) is 0 Å². The monoisotopic (exact) mass is 498 g/mol. The zero-order valence-corrected chi connectivity index (χ0v) is 19.4. The quantitative estimate of drug-likeness (QED) is 0.355. The fraction of sp³-hybridized carbons (Fsp3) is 0.273. The van der Waals surface area contributed by atoms with Crippen LogP contribution in [-0.4, -0.2) is 33.0 Å². The molecule has 0 saturated carbocycles. The van der Waals surface area contributed by atoms with Gasteiger partial charge in [-0.05, 0) is 49.6 Å². The third-order valence-electron chi connectivity index (χ3n) is 4.84. The highest BCUT2D eigenvalue weighted by molar-refractivity contribution is 7.89. The van der Waals surface area contributed by atoms with Gasteiger partial charge in [0.2, 0.25) is 10.0 Å². The van der Waals surface area contributed by atoms with Crippen molar-refractivity contribution in [3.05, 3.63) is 70.2 Å². The predicted octanol–water partition coefficient (Wildman–Crippen LogP) is 4.84. The smallest absolute Gasteiger partial charge is 0.416 e. The van der Waals surface area contributed by atoms with Crippen LogP contribution >= 0.6 is 11.3 Å². The number of carbonyl (C=O) groups is 1. The summed E-state index contributed by atoms with van der Waals surface area (Å²) < 4.78 is 70.4. The third kappa shape index (κ3) is 6.18. The first kappa shape index (κ1) is 24.9. The summed E-state index contributed by atoms with van der Waals surface area (Å²) >= 11 is 1.31. The number of hydrogen-bond donors (Lipinski definition) is 1. The van der Waals surface area contributed by atoms with E-state index in [4.69, 9.17) is 0 Å². The van der Waals surface area contributed by atoms with Gasteiger partial charge in [0.1, 0.15) is 5.01 Å². The van der Waals surface area contributed by atoms with Crippen LogP contribution in [-0.2, 0) is 27.4 Å². The molecule has 1 N–H and O–H groups in total. The number of nitrogens with one attached hydrogen (secondary N) is 1. The van der Waals surface area contributed by atoms with Crippen LogP contribution in [0.3, 0.4) is 0 Å². The molecule has 0 atom stereocenters. The normalized spacial score (nSPS) is 12.0. The van der Waals surface area contributed by atoms with E-state index in [0.717, 1.165) is 17.8 Å². The van der Waals surface area contributed by atoms with Crippen molar-refractivity contribution in [3.63, 3.8) is 0 Å². The van der Waals surface area contributed by atoms with E-state index in [9.17, 15) is 26.4 Å². The molecule has 0 spiro atoms. The van der Waals surface area contributed by atoms with Crippen molar-refractivity contribution in [1.29, 1.82) is 0 Å². The number of ether oxygens (including phenoxy) is 1. The largest absolute Gasteiger partial charge is 0.465 e. The van der Waals surface area contributed by atoms with Crippen LogP contribution in [0.4, 0.5) is 13.2 Å². The van der Waals surface area contributed by atoms with Gasteiger partial charge in [0.05, 0.1) is 28.8 Å². The highest BCUT2D eigenvalue weighted by atomic mass is 32.2. The van der Waals surface area contributed by atoms with Gasteiger partial charge in [0, 0.05) is 17.5 Å². The number of alkyl halides is 3. The Morgan fingerprint density at radius 1 is 1.15 bits per heavy atom. The molecule has 0 amide bonds. The van der Waals surface area contributed by atoms with Crippen molar-refractivity contribution in [2.45, 2.75) is 30.8 Å². The standard InChI is InChI=1S/C22H21F3N2O4S2/c1-14-5-10-18(12-19(14)21(28)31-2)33(29,30)26-11-3-4-17-13-32-20(27-17)15-6-8-16(9-7-15)22(23,24)25/h5-10,12-13,26H,3-4,11H2,1-2H3. The summed E-state index contributed by atoms with van der Waals surface area (Å²) in [6.07, 6.45) is -3.44. The molecular weight excluding hydrogens is 477 g/mol. The highest BCUT2D eigenvalue weighted by Gasteiger charge is 2.30. The Labute approximate surface area is 193 Å².